The van der Waals surface area contributed by atoms with E-state index in [2.05, 4.69) is 68.6 Å². The van der Waals surface area contributed by atoms with Crippen LogP contribution in [0, 0.1) is 11.3 Å². The molecule has 1 atom stereocenters. The number of nitrogens with zero attached hydrogens (tertiary/aromatic N) is 2. The Labute approximate surface area is 120 Å². The lowest BCUT2D eigenvalue weighted by molar-refractivity contribution is 0.263. The van der Waals surface area contributed by atoms with Crippen molar-refractivity contribution in [3.05, 3.63) is 21.2 Å². The molecule has 1 aromatic rings. The normalized spacial score (nSPS) is 21.0. The summed E-state index contributed by atoms with van der Waals surface area (Å²) in [7, 11) is 0. The highest BCUT2D eigenvalue weighted by atomic mass is 79.9. The molecule has 1 aliphatic rings. The van der Waals surface area contributed by atoms with Crippen LogP contribution in [-0.2, 0) is 0 Å². The lowest BCUT2D eigenvalue weighted by Crippen LogP contribution is -2.26. The minimum Gasteiger partial charge on any atom is -0.355 e. The Balaban J connectivity index is 2.15. The van der Waals surface area contributed by atoms with E-state index in [1.54, 1.807) is 0 Å². The molecule has 17 heavy (non-hydrogen) atoms. The molecule has 94 valence electrons. The van der Waals surface area contributed by atoms with Gasteiger partial charge in [0.25, 0.3) is 0 Å². The van der Waals surface area contributed by atoms with E-state index in [9.17, 15) is 0 Å². The van der Waals surface area contributed by atoms with Gasteiger partial charge < -0.3 is 4.90 Å². The molecule has 1 saturated heterocycles. The Morgan fingerprint density at radius 3 is 2.59 bits per heavy atom. The van der Waals surface area contributed by atoms with E-state index in [1.165, 1.54) is 6.42 Å². The smallest absolute Gasteiger partial charge is 0.142 e. The molecule has 1 aromatic heterocycles. The minimum absolute atomic E-state index is 0.386. The van der Waals surface area contributed by atoms with E-state index >= 15 is 0 Å². The highest BCUT2D eigenvalue weighted by Gasteiger charge is 2.32. The molecular formula is C13H18Br2N2. The first-order valence-corrected chi connectivity index (χ1v) is 7.52. The summed E-state index contributed by atoms with van der Waals surface area (Å²) < 4.78 is 2.08. The van der Waals surface area contributed by atoms with Crippen LogP contribution in [0.2, 0.25) is 0 Å². The maximum absolute atomic E-state index is 4.51. The molecular weight excluding hydrogens is 344 g/mol. The van der Waals surface area contributed by atoms with Crippen LogP contribution in [0.4, 0.5) is 5.82 Å². The SMILES string of the molecule is CC(C)(C)C1CCN(c2ncc(Br)cc2Br)C1. The summed E-state index contributed by atoms with van der Waals surface area (Å²) >= 11 is 7.03. The van der Waals surface area contributed by atoms with Crippen LogP contribution in [0.5, 0.6) is 0 Å². The summed E-state index contributed by atoms with van der Waals surface area (Å²) in [6.45, 7) is 9.19. The topological polar surface area (TPSA) is 16.1 Å². The summed E-state index contributed by atoms with van der Waals surface area (Å²) in [4.78, 5) is 6.89. The Kier molecular flexibility index (Phi) is 3.83. The van der Waals surface area contributed by atoms with Gasteiger partial charge in [-0.1, -0.05) is 20.8 Å². The van der Waals surface area contributed by atoms with Crippen molar-refractivity contribution in [1.82, 2.24) is 4.98 Å². The van der Waals surface area contributed by atoms with Gasteiger partial charge in [-0.25, -0.2) is 4.98 Å². The molecule has 1 unspecified atom stereocenters. The molecule has 2 rings (SSSR count). The van der Waals surface area contributed by atoms with Crippen LogP contribution in [0.1, 0.15) is 27.2 Å². The molecule has 0 bridgehead atoms. The van der Waals surface area contributed by atoms with E-state index in [0.29, 0.717) is 5.41 Å². The average molecular weight is 362 g/mol. The van der Waals surface area contributed by atoms with E-state index in [-0.39, 0.29) is 0 Å². The molecule has 0 spiro atoms. The van der Waals surface area contributed by atoms with Crippen LogP contribution in [-0.4, -0.2) is 18.1 Å². The molecule has 0 N–H and O–H groups in total. The predicted octanol–water partition coefficient (Wildman–Crippen LogP) is 4.48. The van der Waals surface area contributed by atoms with Crippen molar-refractivity contribution in [3.8, 4) is 0 Å². The molecule has 2 nitrogen and oxygen atoms in total. The van der Waals surface area contributed by atoms with Gasteiger partial charge in [-0.15, -0.1) is 0 Å². The van der Waals surface area contributed by atoms with Gasteiger partial charge in [0.1, 0.15) is 5.82 Å². The first-order valence-electron chi connectivity index (χ1n) is 5.94. The van der Waals surface area contributed by atoms with Gasteiger partial charge in [-0.3, -0.25) is 0 Å². The monoisotopic (exact) mass is 360 g/mol. The summed E-state index contributed by atoms with van der Waals surface area (Å²) in [6.07, 6.45) is 3.12. The number of pyridine rings is 1. The van der Waals surface area contributed by atoms with Crippen molar-refractivity contribution < 1.29 is 0 Å². The lowest BCUT2D eigenvalue weighted by Gasteiger charge is -2.27. The van der Waals surface area contributed by atoms with Crippen molar-refractivity contribution in [2.24, 2.45) is 11.3 Å². The maximum atomic E-state index is 4.51. The number of aromatic nitrogens is 1. The van der Waals surface area contributed by atoms with Crippen molar-refractivity contribution in [3.63, 3.8) is 0 Å². The highest BCUT2D eigenvalue weighted by molar-refractivity contribution is 9.11. The minimum atomic E-state index is 0.386. The van der Waals surface area contributed by atoms with Gasteiger partial charge >= 0.3 is 0 Å². The molecule has 0 amide bonds. The molecule has 1 aliphatic heterocycles. The zero-order chi connectivity index (χ0) is 12.6. The van der Waals surface area contributed by atoms with Crippen molar-refractivity contribution in [2.75, 3.05) is 18.0 Å². The average Bonchev–Trinajstić information content (AvgIpc) is 2.65. The third-order valence-electron chi connectivity index (χ3n) is 3.50. The van der Waals surface area contributed by atoms with Crippen LogP contribution in [0.25, 0.3) is 0 Å². The summed E-state index contributed by atoms with van der Waals surface area (Å²) in [5.41, 5.74) is 0.386. The number of hydrogen-bond donors (Lipinski definition) is 0. The largest absolute Gasteiger partial charge is 0.355 e. The van der Waals surface area contributed by atoms with Gasteiger partial charge in [0.05, 0.1) is 4.47 Å². The number of rotatable bonds is 1. The molecule has 1 fully saturated rings. The summed E-state index contributed by atoms with van der Waals surface area (Å²) in [5.74, 6) is 1.82. The standard InChI is InChI=1S/C13H18Br2N2/c1-13(2,3)9-4-5-17(8-9)12-11(15)6-10(14)7-16-12/h6-7,9H,4-5,8H2,1-3H3. The van der Waals surface area contributed by atoms with Crippen LogP contribution in [0.15, 0.2) is 21.2 Å². The zero-order valence-corrected chi connectivity index (χ0v) is 13.7. The second-order valence-corrected chi connectivity index (χ2v) is 7.53. The first kappa shape index (κ1) is 13.3. The predicted molar refractivity (Wildman–Crippen MR) is 79.4 cm³/mol. The second kappa shape index (κ2) is 4.88. The Morgan fingerprint density at radius 1 is 1.35 bits per heavy atom. The number of halogens is 2. The molecule has 0 saturated carbocycles. The van der Waals surface area contributed by atoms with E-state index in [4.69, 9.17) is 0 Å². The maximum Gasteiger partial charge on any atom is 0.142 e. The summed E-state index contributed by atoms with van der Waals surface area (Å²) in [5, 5.41) is 0. The van der Waals surface area contributed by atoms with Gasteiger partial charge in [0.2, 0.25) is 0 Å². The third-order valence-corrected chi connectivity index (χ3v) is 4.52. The van der Waals surface area contributed by atoms with Crippen LogP contribution >= 0.6 is 31.9 Å². The van der Waals surface area contributed by atoms with Crippen LogP contribution in [0.3, 0.4) is 0 Å². The zero-order valence-electron chi connectivity index (χ0n) is 10.5. The number of hydrogen-bond acceptors (Lipinski definition) is 2. The van der Waals surface area contributed by atoms with Gasteiger partial charge in [0, 0.05) is 23.8 Å². The van der Waals surface area contributed by atoms with Gasteiger partial charge in [0.15, 0.2) is 0 Å². The van der Waals surface area contributed by atoms with Crippen molar-refractivity contribution in [1.29, 1.82) is 0 Å². The summed E-state index contributed by atoms with van der Waals surface area (Å²) in [6, 6.07) is 2.06. The third kappa shape index (κ3) is 3.02. The highest BCUT2D eigenvalue weighted by Crippen LogP contribution is 2.37. The molecule has 2 heterocycles. The molecule has 0 aliphatic carbocycles. The Morgan fingerprint density at radius 2 is 2.06 bits per heavy atom. The van der Waals surface area contributed by atoms with E-state index in [0.717, 1.165) is 33.8 Å². The fourth-order valence-corrected chi connectivity index (χ4v) is 3.54. The van der Waals surface area contributed by atoms with Gasteiger partial charge in [-0.2, -0.15) is 0 Å². The fourth-order valence-electron chi connectivity index (χ4n) is 2.30. The Bertz CT molecular complexity index is 412. The van der Waals surface area contributed by atoms with E-state index in [1.807, 2.05) is 6.20 Å². The van der Waals surface area contributed by atoms with Crippen molar-refractivity contribution in [2.45, 2.75) is 27.2 Å². The quantitative estimate of drug-likeness (QED) is 0.733. The molecule has 4 heteroatoms. The molecule has 0 radical (unpaired) electrons. The van der Waals surface area contributed by atoms with Crippen molar-refractivity contribution >= 4 is 37.7 Å². The van der Waals surface area contributed by atoms with Crippen LogP contribution < -0.4 is 4.90 Å². The first-order chi connectivity index (χ1) is 7.88. The number of anilines is 1. The van der Waals surface area contributed by atoms with Gasteiger partial charge in [-0.05, 0) is 55.7 Å². The second-order valence-electron chi connectivity index (χ2n) is 5.76. The lowest BCUT2D eigenvalue weighted by atomic mass is 9.80. The molecule has 0 aromatic carbocycles. The van der Waals surface area contributed by atoms with E-state index < -0.39 is 0 Å². The Hall–Kier alpha value is -0.0900. The fraction of sp³-hybridized carbons (Fsp3) is 0.615.